The maximum atomic E-state index is 13.7. The fraction of sp³-hybridized carbons (Fsp3) is 0.441. The maximum absolute atomic E-state index is 13.7. The SMILES string of the molecule is COc1ncnc(C2CC2)c1-c1ncnc(NCc2ccc(-c3nc(C(F)(F)F)ccc3C3CCN(C(=O)OC(C)(C)C)CC3)cc2)n1. The number of anilines is 1. The number of carbonyl (C=O) groups excluding carboxylic acids is 1. The van der Waals surface area contributed by atoms with E-state index in [1.165, 1.54) is 18.7 Å². The van der Waals surface area contributed by atoms with Crippen molar-refractivity contribution in [2.24, 2.45) is 0 Å². The van der Waals surface area contributed by atoms with E-state index < -0.39 is 17.5 Å². The van der Waals surface area contributed by atoms with Crippen molar-refractivity contribution in [1.29, 1.82) is 0 Å². The molecule has 2 aliphatic rings. The van der Waals surface area contributed by atoms with E-state index in [-0.39, 0.29) is 17.7 Å². The highest BCUT2D eigenvalue weighted by atomic mass is 19.4. The van der Waals surface area contributed by atoms with E-state index in [0.29, 0.717) is 67.2 Å². The van der Waals surface area contributed by atoms with Crippen LogP contribution >= 0.6 is 0 Å². The number of carbonyl (C=O) groups is 1. The Morgan fingerprint density at radius 2 is 1.60 bits per heavy atom. The monoisotopic (exact) mass is 662 g/mol. The predicted octanol–water partition coefficient (Wildman–Crippen LogP) is 7.02. The first-order chi connectivity index (χ1) is 22.9. The highest BCUT2D eigenvalue weighted by molar-refractivity contribution is 5.69. The molecule has 3 aromatic heterocycles. The van der Waals surface area contributed by atoms with E-state index in [4.69, 9.17) is 9.47 Å². The third kappa shape index (κ3) is 7.63. The lowest BCUT2D eigenvalue weighted by Crippen LogP contribution is -2.41. The first-order valence-corrected chi connectivity index (χ1v) is 15.9. The van der Waals surface area contributed by atoms with Crippen molar-refractivity contribution in [3.8, 4) is 28.5 Å². The van der Waals surface area contributed by atoms with Gasteiger partial charge in [-0.15, -0.1) is 0 Å². The number of ether oxygens (including phenoxy) is 2. The van der Waals surface area contributed by atoms with Crippen LogP contribution in [0.5, 0.6) is 5.88 Å². The zero-order valence-corrected chi connectivity index (χ0v) is 27.2. The van der Waals surface area contributed by atoms with E-state index in [0.717, 1.165) is 35.7 Å². The third-order valence-electron chi connectivity index (χ3n) is 8.28. The van der Waals surface area contributed by atoms with Gasteiger partial charge < -0.3 is 19.7 Å². The van der Waals surface area contributed by atoms with Gasteiger partial charge in [-0.3, -0.25) is 0 Å². The highest BCUT2D eigenvalue weighted by Crippen LogP contribution is 2.45. The number of hydrogen-bond donors (Lipinski definition) is 1. The van der Waals surface area contributed by atoms with Crippen LogP contribution in [0.4, 0.5) is 23.9 Å². The molecule has 1 amide bonds. The minimum Gasteiger partial charge on any atom is -0.480 e. The first kappa shape index (κ1) is 33.0. The fourth-order valence-corrected chi connectivity index (χ4v) is 5.76. The van der Waals surface area contributed by atoms with Gasteiger partial charge in [0.25, 0.3) is 0 Å². The molecule has 11 nitrogen and oxygen atoms in total. The number of hydrogen-bond acceptors (Lipinski definition) is 10. The number of methoxy groups -OCH3 is 1. The van der Waals surface area contributed by atoms with E-state index >= 15 is 0 Å². The Morgan fingerprint density at radius 1 is 0.896 bits per heavy atom. The second kappa shape index (κ2) is 13.3. The summed E-state index contributed by atoms with van der Waals surface area (Å²) in [5.41, 5.74) is 2.38. The van der Waals surface area contributed by atoms with Crippen molar-refractivity contribution in [2.75, 3.05) is 25.5 Å². The van der Waals surface area contributed by atoms with Gasteiger partial charge in [0.05, 0.1) is 18.5 Å². The molecule has 6 rings (SSSR count). The molecule has 4 heterocycles. The number of nitrogens with one attached hydrogen (secondary N) is 1. The highest BCUT2D eigenvalue weighted by Gasteiger charge is 2.35. The number of amides is 1. The summed E-state index contributed by atoms with van der Waals surface area (Å²) in [4.78, 5) is 40.2. The van der Waals surface area contributed by atoms with Crippen molar-refractivity contribution in [3.63, 3.8) is 0 Å². The third-order valence-corrected chi connectivity index (χ3v) is 8.28. The number of likely N-dealkylation sites (tertiary alicyclic amines) is 1. The second-order valence-electron chi connectivity index (χ2n) is 13.0. The quantitative estimate of drug-likeness (QED) is 0.210. The summed E-state index contributed by atoms with van der Waals surface area (Å²) < 4.78 is 52.2. The average molecular weight is 663 g/mol. The molecule has 48 heavy (non-hydrogen) atoms. The van der Waals surface area contributed by atoms with Crippen LogP contribution in [0.1, 0.15) is 80.8 Å². The van der Waals surface area contributed by atoms with Crippen LogP contribution in [0.25, 0.3) is 22.6 Å². The lowest BCUT2D eigenvalue weighted by molar-refractivity contribution is -0.141. The summed E-state index contributed by atoms with van der Waals surface area (Å²) in [6.07, 6.45) is 1.14. The number of rotatable bonds is 8. The van der Waals surface area contributed by atoms with E-state index in [1.807, 2.05) is 32.9 Å². The molecule has 1 saturated heterocycles. The van der Waals surface area contributed by atoms with Gasteiger partial charge in [0.15, 0.2) is 5.82 Å². The Hall–Kier alpha value is -4.88. The molecule has 1 aliphatic heterocycles. The van der Waals surface area contributed by atoms with Crippen LogP contribution in [-0.2, 0) is 17.5 Å². The summed E-state index contributed by atoms with van der Waals surface area (Å²) in [6, 6.07) is 9.76. The molecule has 0 unspecified atom stereocenters. The van der Waals surface area contributed by atoms with Crippen molar-refractivity contribution in [1.82, 2.24) is 34.8 Å². The topological polar surface area (TPSA) is 128 Å². The molecule has 14 heteroatoms. The zero-order chi connectivity index (χ0) is 34.1. The number of alkyl halides is 3. The fourth-order valence-electron chi connectivity index (χ4n) is 5.76. The summed E-state index contributed by atoms with van der Waals surface area (Å²) in [6.45, 7) is 6.67. The average Bonchev–Trinajstić information content (AvgIpc) is 3.92. The van der Waals surface area contributed by atoms with E-state index in [9.17, 15) is 18.0 Å². The number of pyridine rings is 1. The molecule has 1 aliphatic carbocycles. The largest absolute Gasteiger partial charge is 0.480 e. The summed E-state index contributed by atoms with van der Waals surface area (Å²) >= 11 is 0. The van der Waals surface area contributed by atoms with Crippen LogP contribution in [0.15, 0.2) is 49.1 Å². The van der Waals surface area contributed by atoms with Gasteiger partial charge in [0, 0.05) is 31.1 Å². The summed E-state index contributed by atoms with van der Waals surface area (Å²) in [7, 11) is 1.54. The second-order valence-corrected chi connectivity index (χ2v) is 13.0. The van der Waals surface area contributed by atoms with Crippen LogP contribution in [0.3, 0.4) is 0 Å². The van der Waals surface area contributed by atoms with E-state index in [1.54, 1.807) is 24.1 Å². The molecule has 4 aromatic rings. The van der Waals surface area contributed by atoms with Crippen molar-refractivity contribution in [2.45, 2.75) is 76.6 Å². The van der Waals surface area contributed by atoms with Crippen LogP contribution < -0.4 is 10.1 Å². The number of benzene rings is 1. The Labute approximate surface area is 276 Å². The summed E-state index contributed by atoms with van der Waals surface area (Å²) in [5, 5.41) is 3.20. The smallest absolute Gasteiger partial charge is 0.433 e. The molecule has 1 aromatic carbocycles. The Bertz CT molecular complexity index is 1770. The minimum absolute atomic E-state index is 0.0677. The molecular formula is C34H37F3N8O3. The van der Waals surface area contributed by atoms with Gasteiger partial charge in [-0.05, 0) is 69.6 Å². The van der Waals surface area contributed by atoms with Gasteiger partial charge in [-0.25, -0.2) is 29.7 Å². The molecule has 0 bridgehead atoms. The number of piperidine rings is 1. The standard InChI is InChI=1S/C34H37F3N8O3/c1-33(2,3)48-32(46)45-15-13-21(14-16-45)24-11-12-25(34(35,36)37)43-27(24)22-7-5-20(6-8-22)17-38-31-42-19-40-29(44-31)26-28(23-9-10-23)39-18-41-30(26)47-4/h5-8,11-12,18-19,21,23H,9-10,13-17H2,1-4H3,(H,38,40,42,44). The number of nitrogens with zero attached hydrogens (tertiary/aromatic N) is 7. The lowest BCUT2D eigenvalue weighted by atomic mass is 9.86. The van der Waals surface area contributed by atoms with Crippen molar-refractivity contribution in [3.05, 3.63) is 71.6 Å². The molecule has 0 atom stereocenters. The van der Waals surface area contributed by atoms with Gasteiger partial charge in [0.2, 0.25) is 11.8 Å². The van der Waals surface area contributed by atoms with Crippen molar-refractivity contribution < 1.29 is 27.4 Å². The van der Waals surface area contributed by atoms with Crippen molar-refractivity contribution >= 4 is 12.0 Å². The number of halogens is 3. The Morgan fingerprint density at radius 3 is 2.25 bits per heavy atom. The van der Waals surface area contributed by atoms with Crippen LogP contribution in [0, 0.1) is 0 Å². The normalized spacial score (nSPS) is 15.7. The maximum Gasteiger partial charge on any atom is 0.433 e. The summed E-state index contributed by atoms with van der Waals surface area (Å²) in [5.74, 6) is 1.40. The Kier molecular flexibility index (Phi) is 9.17. The lowest BCUT2D eigenvalue weighted by Gasteiger charge is -2.34. The van der Waals surface area contributed by atoms with Gasteiger partial charge >= 0.3 is 12.3 Å². The molecule has 1 saturated carbocycles. The Balaban J connectivity index is 1.18. The first-order valence-electron chi connectivity index (χ1n) is 15.9. The van der Waals surface area contributed by atoms with Crippen LogP contribution in [-0.4, -0.2) is 66.7 Å². The predicted molar refractivity (Wildman–Crippen MR) is 171 cm³/mol. The zero-order valence-electron chi connectivity index (χ0n) is 27.2. The molecular weight excluding hydrogens is 625 g/mol. The molecule has 2 fully saturated rings. The van der Waals surface area contributed by atoms with Gasteiger partial charge in [-0.2, -0.15) is 18.2 Å². The molecule has 0 radical (unpaired) electrons. The molecule has 1 N–H and O–H groups in total. The minimum atomic E-state index is -4.59. The van der Waals surface area contributed by atoms with Gasteiger partial charge in [-0.1, -0.05) is 30.3 Å². The number of aromatic nitrogens is 6. The molecule has 0 spiro atoms. The van der Waals surface area contributed by atoms with Crippen LogP contribution in [0.2, 0.25) is 0 Å². The van der Waals surface area contributed by atoms with Gasteiger partial charge in [0.1, 0.15) is 29.5 Å². The molecule has 252 valence electrons. The van der Waals surface area contributed by atoms with E-state index in [2.05, 4.69) is 35.2 Å².